The van der Waals surface area contributed by atoms with Gasteiger partial charge in [0.05, 0.1) is 30.2 Å². The lowest BCUT2D eigenvalue weighted by molar-refractivity contribution is 0.0189. The molecule has 1 atom stereocenters. The summed E-state index contributed by atoms with van der Waals surface area (Å²) in [6.07, 6.45) is 1.52. The second kappa shape index (κ2) is 7.90. The third-order valence-corrected chi connectivity index (χ3v) is 5.74. The van der Waals surface area contributed by atoms with E-state index in [1.54, 1.807) is 24.3 Å². The zero-order valence-electron chi connectivity index (χ0n) is 15.6. The lowest BCUT2D eigenvalue weighted by Gasteiger charge is -2.47. The summed E-state index contributed by atoms with van der Waals surface area (Å²) < 4.78 is 5.91. The zero-order valence-corrected chi connectivity index (χ0v) is 16.4. The number of halogens is 1. The van der Waals surface area contributed by atoms with Crippen LogP contribution in [0.2, 0.25) is 5.02 Å². The van der Waals surface area contributed by atoms with Crippen LogP contribution in [0.1, 0.15) is 10.4 Å². The number of carbonyl (C=O) groups is 1. The van der Waals surface area contributed by atoms with E-state index in [0.717, 1.165) is 37.4 Å². The molecule has 0 amide bonds. The number of fused-ring (bicyclic) bond motifs is 3. The largest absolute Gasteiger partial charge is 0.465 e. The van der Waals surface area contributed by atoms with Crippen LogP contribution in [-0.4, -0.2) is 78.0 Å². The molecule has 28 heavy (non-hydrogen) atoms. The van der Waals surface area contributed by atoms with Crippen molar-refractivity contribution in [1.29, 1.82) is 0 Å². The van der Waals surface area contributed by atoms with Gasteiger partial charge in [0.25, 0.3) is 5.56 Å². The summed E-state index contributed by atoms with van der Waals surface area (Å²) in [7, 11) is 1.29. The Hall–Kier alpha value is -2.42. The number of hydrogen-bond donors (Lipinski definition) is 1. The first-order valence-electron chi connectivity index (χ1n) is 9.24. The molecule has 4 heterocycles. The second-order valence-electron chi connectivity index (χ2n) is 6.97. The SMILES string of the molecule is COC(=O)c1ccccc1-n1ncc(NCC2CN3CCN2CC3)c(Cl)c1=O. The maximum absolute atomic E-state index is 12.8. The summed E-state index contributed by atoms with van der Waals surface area (Å²) in [4.78, 5) is 29.7. The van der Waals surface area contributed by atoms with Gasteiger partial charge in [0.2, 0.25) is 0 Å². The van der Waals surface area contributed by atoms with Crippen LogP contribution in [0.5, 0.6) is 0 Å². The molecule has 1 N–H and O–H groups in total. The number of methoxy groups -OCH3 is 1. The minimum atomic E-state index is -0.543. The smallest absolute Gasteiger partial charge is 0.340 e. The predicted octanol–water partition coefficient (Wildman–Crippen LogP) is 1.08. The summed E-state index contributed by atoms with van der Waals surface area (Å²) in [6, 6.07) is 7.02. The zero-order chi connectivity index (χ0) is 19.7. The number of ether oxygens (including phenoxy) is 1. The molecule has 1 aromatic carbocycles. The highest BCUT2D eigenvalue weighted by Gasteiger charge is 2.31. The van der Waals surface area contributed by atoms with Gasteiger partial charge in [-0.05, 0) is 12.1 Å². The molecule has 0 radical (unpaired) electrons. The topological polar surface area (TPSA) is 79.7 Å². The number of anilines is 1. The summed E-state index contributed by atoms with van der Waals surface area (Å²) in [5.41, 5.74) is 0.584. The number of nitrogens with one attached hydrogen (secondary N) is 1. The van der Waals surface area contributed by atoms with Gasteiger partial charge in [0.15, 0.2) is 0 Å². The third-order valence-electron chi connectivity index (χ3n) is 5.38. The van der Waals surface area contributed by atoms with Gasteiger partial charge in [0, 0.05) is 45.3 Å². The van der Waals surface area contributed by atoms with E-state index < -0.39 is 11.5 Å². The Morgan fingerprint density at radius 1 is 1.29 bits per heavy atom. The van der Waals surface area contributed by atoms with Crippen molar-refractivity contribution in [3.8, 4) is 5.69 Å². The first-order valence-corrected chi connectivity index (χ1v) is 9.62. The van der Waals surface area contributed by atoms with E-state index in [-0.39, 0.29) is 10.6 Å². The van der Waals surface area contributed by atoms with E-state index in [1.165, 1.54) is 13.3 Å². The number of benzene rings is 1. The Bertz CT molecular complexity index is 939. The molecule has 8 nitrogen and oxygen atoms in total. The summed E-state index contributed by atoms with van der Waals surface area (Å²) in [5, 5.41) is 7.54. The highest BCUT2D eigenvalue weighted by molar-refractivity contribution is 6.33. The van der Waals surface area contributed by atoms with Crippen molar-refractivity contribution in [2.24, 2.45) is 0 Å². The average Bonchev–Trinajstić information content (AvgIpc) is 2.75. The van der Waals surface area contributed by atoms with E-state index in [1.807, 2.05) is 0 Å². The number of rotatable bonds is 5. The van der Waals surface area contributed by atoms with Crippen LogP contribution in [0.4, 0.5) is 5.69 Å². The Labute approximate surface area is 167 Å². The molecule has 148 valence electrons. The van der Waals surface area contributed by atoms with Crippen molar-refractivity contribution in [3.63, 3.8) is 0 Å². The van der Waals surface area contributed by atoms with Crippen molar-refractivity contribution < 1.29 is 9.53 Å². The van der Waals surface area contributed by atoms with Gasteiger partial charge in [0.1, 0.15) is 5.02 Å². The summed E-state index contributed by atoms with van der Waals surface area (Å²) in [6.45, 7) is 6.10. The van der Waals surface area contributed by atoms with Crippen molar-refractivity contribution in [2.45, 2.75) is 6.04 Å². The first kappa shape index (κ1) is 18.9. The highest BCUT2D eigenvalue weighted by Crippen LogP contribution is 2.21. The second-order valence-corrected chi connectivity index (χ2v) is 7.35. The van der Waals surface area contributed by atoms with Gasteiger partial charge in [-0.15, -0.1) is 0 Å². The van der Waals surface area contributed by atoms with Crippen LogP contribution in [0, 0.1) is 0 Å². The number of hydrogen-bond acceptors (Lipinski definition) is 7. The molecule has 5 rings (SSSR count). The van der Waals surface area contributed by atoms with E-state index >= 15 is 0 Å². The molecule has 2 bridgehead atoms. The molecular formula is C19H22ClN5O3. The molecule has 0 aliphatic carbocycles. The monoisotopic (exact) mass is 403 g/mol. The van der Waals surface area contributed by atoms with Crippen LogP contribution < -0.4 is 10.9 Å². The minimum Gasteiger partial charge on any atom is -0.465 e. The fraction of sp³-hybridized carbons (Fsp3) is 0.421. The normalized spacial score (nSPS) is 23.4. The van der Waals surface area contributed by atoms with Crippen LogP contribution >= 0.6 is 11.6 Å². The fourth-order valence-corrected chi connectivity index (χ4v) is 4.01. The van der Waals surface area contributed by atoms with Crippen molar-refractivity contribution in [1.82, 2.24) is 19.6 Å². The molecule has 9 heteroatoms. The van der Waals surface area contributed by atoms with Gasteiger partial charge in [-0.1, -0.05) is 23.7 Å². The number of carbonyl (C=O) groups excluding carboxylic acids is 1. The fourth-order valence-electron chi connectivity index (χ4n) is 3.81. The average molecular weight is 404 g/mol. The van der Waals surface area contributed by atoms with Gasteiger partial charge in [-0.3, -0.25) is 14.6 Å². The Morgan fingerprint density at radius 2 is 2.04 bits per heavy atom. The van der Waals surface area contributed by atoms with Crippen LogP contribution in [0.15, 0.2) is 35.3 Å². The molecule has 1 aromatic heterocycles. The molecule has 0 spiro atoms. The third kappa shape index (κ3) is 3.50. The quantitative estimate of drug-likeness (QED) is 0.748. The standard InChI is InChI=1S/C19H22ClN5O3/c1-28-19(27)14-4-2-3-5-16(14)25-18(26)17(20)15(11-22-25)21-10-13-12-23-6-8-24(13)9-7-23/h2-5,11,13,21H,6-10,12H2,1H3. The molecule has 1 unspecified atom stereocenters. The molecule has 2 aromatic rings. The Morgan fingerprint density at radius 3 is 2.71 bits per heavy atom. The molecule has 3 aliphatic heterocycles. The lowest BCUT2D eigenvalue weighted by atomic mass is 10.1. The van der Waals surface area contributed by atoms with Gasteiger partial charge in [-0.25, -0.2) is 4.79 Å². The maximum atomic E-state index is 12.8. The van der Waals surface area contributed by atoms with E-state index in [0.29, 0.717) is 24.0 Å². The van der Waals surface area contributed by atoms with Gasteiger partial charge >= 0.3 is 5.97 Å². The van der Waals surface area contributed by atoms with Crippen molar-refractivity contribution in [3.05, 3.63) is 51.4 Å². The number of piperazine rings is 3. The molecule has 3 aliphatic rings. The molecule has 3 saturated heterocycles. The summed E-state index contributed by atoms with van der Waals surface area (Å²) >= 11 is 6.33. The van der Waals surface area contributed by atoms with Gasteiger partial charge in [-0.2, -0.15) is 9.78 Å². The Balaban J connectivity index is 1.56. The van der Waals surface area contributed by atoms with E-state index in [2.05, 4.69) is 20.2 Å². The first-order chi connectivity index (χ1) is 13.6. The molecule has 0 saturated carbocycles. The van der Waals surface area contributed by atoms with Gasteiger partial charge < -0.3 is 10.1 Å². The predicted molar refractivity (Wildman–Crippen MR) is 106 cm³/mol. The van der Waals surface area contributed by atoms with Crippen molar-refractivity contribution >= 4 is 23.3 Å². The number of esters is 1. The highest BCUT2D eigenvalue weighted by atomic mass is 35.5. The lowest BCUT2D eigenvalue weighted by Crippen LogP contribution is -2.62. The minimum absolute atomic E-state index is 0.0472. The Kier molecular flexibility index (Phi) is 5.34. The number of para-hydroxylation sites is 1. The summed E-state index contributed by atoms with van der Waals surface area (Å²) in [5.74, 6) is -0.543. The number of nitrogens with zero attached hydrogens (tertiary/aromatic N) is 4. The van der Waals surface area contributed by atoms with Crippen LogP contribution in [0.25, 0.3) is 5.69 Å². The van der Waals surface area contributed by atoms with Crippen LogP contribution in [0.3, 0.4) is 0 Å². The maximum Gasteiger partial charge on any atom is 0.340 e. The van der Waals surface area contributed by atoms with Crippen molar-refractivity contribution in [2.75, 3.05) is 51.7 Å². The van der Waals surface area contributed by atoms with E-state index in [9.17, 15) is 9.59 Å². The van der Waals surface area contributed by atoms with Crippen LogP contribution in [-0.2, 0) is 4.74 Å². The molecular weight excluding hydrogens is 382 g/mol. The van der Waals surface area contributed by atoms with E-state index in [4.69, 9.17) is 16.3 Å². The number of aromatic nitrogens is 2. The molecule has 3 fully saturated rings.